The van der Waals surface area contributed by atoms with Gasteiger partial charge in [-0.1, -0.05) is 42.5 Å². The van der Waals surface area contributed by atoms with Gasteiger partial charge in [0.15, 0.2) is 0 Å². The molecule has 0 aliphatic rings. The Morgan fingerprint density at radius 2 is 0.688 bits per heavy atom. The van der Waals surface area contributed by atoms with E-state index in [-0.39, 0.29) is 6.15 Å². The summed E-state index contributed by atoms with van der Waals surface area (Å²) in [6, 6.07) is 23.1. The lowest BCUT2D eigenvalue weighted by Gasteiger charge is -1.70. The molecule has 7 aromatic rings. The van der Waals surface area contributed by atoms with Gasteiger partial charge in [0.25, 0.3) is 0 Å². The lowest BCUT2D eigenvalue weighted by molar-refractivity contribution is 0.969. The highest BCUT2D eigenvalue weighted by atomic mass is 15.1. The van der Waals surface area contributed by atoms with Crippen molar-refractivity contribution in [3.05, 3.63) is 191 Å². The van der Waals surface area contributed by atoms with Crippen LogP contribution in [0, 0.1) is 5.41 Å². The summed E-state index contributed by atoms with van der Waals surface area (Å²) < 4.78 is 0. The summed E-state index contributed by atoms with van der Waals surface area (Å²) >= 11 is 0. The third kappa shape index (κ3) is 40.9. The number of rotatable bonds is 1. The maximum Gasteiger partial charge on any atom is 0.138 e. The monoisotopic (exact) mass is 646 g/mol. The summed E-state index contributed by atoms with van der Waals surface area (Å²) in [6.45, 7) is 0. The zero-order valence-corrected chi connectivity index (χ0v) is 26.1. The van der Waals surface area contributed by atoms with Crippen LogP contribution in [0.15, 0.2) is 191 Å². The van der Waals surface area contributed by atoms with Crippen molar-refractivity contribution in [3.63, 3.8) is 0 Å². The van der Waals surface area contributed by atoms with Gasteiger partial charge in [-0.3, -0.25) is 15.0 Å². The van der Waals surface area contributed by atoms with Crippen molar-refractivity contribution in [1.82, 2.24) is 71.4 Å². The number of hydrogen-bond acceptors (Lipinski definition) is 16. The number of nitrogens with two attached hydrogens (primary N) is 1. The third-order valence-electron chi connectivity index (χ3n) is 3.68. The van der Waals surface area contributed by atoms with Crippen molar-refractivity contribution in [2.45, 2.75) is 0 Å². The predicted octanol–water partition coefficient (Wildman–Crippen LogP) is 4.21. The molecule has 48 heavy (non-hydrogen) atoms. The average Bonchev–Trinajstić information content (AvgIpc) is 3.22. The summed E-state index contributed by atoms with van der Waals surface area (Å²) in [6.07, 6.45) is 30.9. The van der Waals surface area contributed by atoms with Crippen LogP contribution in [-0.4, -0.2) is 71.5 Å². The Hall–Kier alpha value is -7.20. The molecule has 6 aromatic heterocycles. The topological polar surface area (TPSA) is 252 Å². The first-order valence-electron chi connectivity index (χ1n) is 13.4. The van der Waals surface area contributed by atoms with Crippen molar-refractivity contribution in [3.8, 4) is 0 Å². The molecule has 0 radical (unpaired) electrons. The summed E-state index contributed by atoms with van der Waals surface area (Å²) in [5.41, 5.74) is 4.81. The van der Waals surface area contributed by atoms with Gasteiger partial charge in [0.2, 0.25) is 0 Å². The summed E-state index contributed by atoms with van der Waals surface area (Å²) in [5, 5.41) is 20.3. The zero-order chi connectivity index (χ0) is 33.8. The second-order valence-electron chi connectivity index (χ2n) is 7.03. The van der Waals surface area contributed by atoms with Gasteiger partial charge in [-0.05, 0) is 42.6 Å². The lowest BCUT2D eigenvalue weighted by Crippen LogP contribution is -1.75. The van der Waals surface area contributed by atoms with Crippen molar-refractivity contribution >= 4 is 6.21 Å². The fraction of sp³-hybridized carbons (Fsp3) is 0. The molecular formula is C32H38N16. The van der Waals surface area contributed by atoms with E-state index < -0.39 is 0 Å². The molecule has 7 rings (SSSR count). The number of nitrogens with one attached hydrogen (secondary N) is 1. The zero-order valence-electron chi connectivity index (χ0n) is 26.1. The van der Waals surface area contributed by atoms with E-state index in [0.717, 1.165) is 6.21 Å². The third-order valence-corrected chi connectivity index (χ3v) is 3.68. The predicted molar refractivity (Wildman–Crippen MR) is 184 cm³/mol. The molecular weight excluding hydrogens is 608 g/mol. The molecule has 16 nitrogen and oxygen atoms in total. The number of benzene rings is 1. The molecule has 0 saturated carbocycles. The number of allylic oxidation sites excluding steroid dienone is 1. The van der Waals surface area contributed by atoms with Gasteiger partial charge in [-0.25, -0.2) is 29.9 Å². The van der Waals surface area contributed by atoms with E-state index in [0.29, 0.717) is 0 Å². The molecule has 1 aromatic carbocycles. The molecule has 16 heteroatoms. The summed E-state index contributed by atoms with van der Waals surface area (Å²) in [7, 11) is 0. The van der Waals surface area contributed by atoms with Crippen LogP contribution in [0.25, 0.3) is 0 Å². The van der Waals surface area contributed by atoms with Crippen LogP contribution in [0.2, 0.25) is 0 Å². The molecule has 0 atom stereocenters. The first-order valence-corrected chi connectivity index (χ1v) is 13.4. The molecule has 246 valence electrons. The molecule has 6 heterocycles. The summed E-state index contributed by atoms with van der Waals surface area (Å²) in [5.74, 6) is 0. The number of hydrogen-bond donors (Lipinski definition) is 3. The van der Waals surface area contributed by atoms with Crippen LogP contribution in [0.5, 0.6) is 0 Å². The molecule has 0 amide bonds. The van der Waals surface area contributed by atoms with Gasteiger partial charge < -0.3 is 17.3 Å². The molecule has 0 spiro atoms. The molecule has 0 aliphatic heterocycles. The van der Waals surface area contributed by atoms with E-state index >= 15 is 0 Å². The van der Waals surface area contributed by atoms with Crippen LogP contribution >= 0.6 is 0 Å². The Morgan fingerprint density at radius 3 is 0.833 bits per heavy atom. The van der Waals surface area contributed by atoms with Gasteiger partial charge in [0, 0.05) is 74.4 Å². The van der Waals surface area contributed by atoms with Crippen LogP contribution in [0.4, 0.5) is 0 Å². The number of nitrogens with zero attached hydrogens (tertiary/aromatic N) is 13. The van der Waals surface area contributed by atoms with E-state index in [4.69, 9.17) is 11.1 Å². The highest BCUT2D eigenvalue weighted by Gasteiger charge is 1.62. The van der Waals surface area contributed by atoms with E-state index in [1.54, 1.807) is 74.2 Å². The molecule has 0 fully saturated rings. The normalized spacial score (nSPS) is 7.92. The maximum absolute atomic E-state index is 6.31. The fourth-order valence-electron chi connectivity index (χ4n) is 1.92. The molecule has 0 unspecified atom stereocenters. The quantitative estimate of drug-likeness (QED) is 0.211. The first kappa shape index (κ1) is 42.9. The minimum absolute atomic E-state index is 0. The molecule has 6 N–H and O–H groups in total. The highest BCUT2D eigenvalue weighted by molar-refractivity contribution is 5.67. The minimum atomic E-state index is 0. The smallest absolute Gasteiger partial charge is 0.138 e. The van der Waals surface area contributed by atoms with E-state index in [2.05, 4.69) is 65.3 Å². The maximum atomic E-state index is 6.31. The van der Waals surface area contributed by atoms with Crippen LogP contribution < -0.4 is 11.9 Å². The SMILES string of the molecule is N.N=C/C=C\N.c1ccccc1.c1ccncc1.c1ccnnc1.c1cnccn1.c1cncnc1.c1cnncn1.c1ncncn1. The van der Waals surface area contributed by atoms with Gasteiger partial charge in [-0.2, -0.15) is 15.3 Å². The van der Waals surface area contributed by atoms with Crippen molar-refractivity contribution in [2.24, 2.45) is 5.73 Å². The lowest BCUT2D eigenvalue weighted by atomic mass is 10.4. The fourth-order valence-corrected chi connectivity index (χ4v) is 1.92. The van der Waals surface area contributed by atoms with Crippen molar-refractivity contribution in [1.29, 1.82) is 5.41 Å². The molecule has 0 bridgehead atoms. The van der Waals surface area contributed by atoms with Crippen LogP contribution in [-0.2, 0) is 0 Å². The Kier molecular flexibility index (Phi) is 37.5. The highest BCUT2D eigenvalue weighted by Crippen LogP contribution is 1.80. The van der Waals surface area contributed by atoms with Crippen molar-refractivity contribution < 1.29 is 0 Å². The first-order chi connectivity index (χ1) is 23.4. The van der Waals surface area contributed by atoms with Gasteiger partial charge >= 0.3 is 0 Å². The second-order valence-corrected chi connectivity index (χ2v) is 7.03. The van der Waals surface area contributed by atoms with Crippen LogP contribution in [0.3, 0.4) is 0 Å². The molecule has 0 aliphatic carbocycles. The van der Waals surface area contributed by atoms with E-state index in [9.17, 15) is 0 Å². The van der Waals surface area contributed by atoms with Gasteiger partial charge in [0.05, 0.1) is 6.20 Å². The Morgan fingerprint density at radius 1 is 0.333 bits per heavy atom. The Labute approximate surface area is 279 Å². The Bertz CT molecular complexity index is 984. The largest absolute Gasteiger partial charge is 0.405 e. The van der Waals surface area contributed by atoms with Crippen molar-refractivity contribution in [2.75, 3.05) is 0 Å². The summed E-state index contributed by atoms with van der Waals surface area (Å²) in [4.78, 5) is 32.9. The standard InChI is InChI=1S/C6H6.C5H5N.3C4H4N2.2C3H3N3.C3H6N2.H3N/c2*1-2-4-6-5-3-1;1-2-6-4-3-5-1;1-2-5-4-6-3-1;1-2-4-6-5-3-1;1-4-2-6-3-5-1;1-2-5-6-3-4-1;4-2-1-3-5;/h1-6H;1-5H;3*1-4H;2*1-3H;1-4H,5H2;1H3/b;;;;;;;3-1-,4-2?;. The number of aromatic nitrogens is 13. The molecule has 0 saturated heterocycles. The second kappa shape index (κ2) is 41.9. The van der Waals surface area contributed by atoms with E-state index in [1.165, 1.54) is 50.1 Å². The minimum Gasteiger partial charge on any atom is -0.405 e. The number of pyridine rings is 1. The van der Waals surface area contributed by atoms with Gasteiger partial charge in [0.1, 0.15) is 31.6 Å². The Balaban J connectivity index is 0. The van der Waals surface area contributed by atoms with Crippen LogP contribution in [0.1, 0.15) is 0 Å². The van der Waals surface area contributed by atoms with Gasteiger partial charge in [-0.15, -0.1) is 5.10 Å². The van der Waals surface area contributed by atoms with E-state index in [1.807, 2.05) is 66.7 Å². The average molecular weight is 647 g/mol.